The Labute approximate surface area is 279 Å². The molecule has 51 heavy (non-hydrogen) atoms. The summed E-state index contributed by atoms with van der Waals surface area (Å²) in [6.07, 6.45) is -7.99. The Morgan fingerprint density at radius 2 is 1.31 bits per heavy atom. The highest BCUT2D eigenvalue weighted by Gasteiger charge is 2.64. The highest BCUT2D eigenvalue weighted by molar-refractivity contribution is 7.66. The first-order valence-electron chi connectivity index (χ1n) is 13.6. The Balaban J connectivity index is 1.44. The fourth-order valence-electron chi connectivity index (χ4n) is 4.86. The highest BCUT2D eigenvalue weighted by Crippen LogP contribution is 2.68. The van der Waals surface area contributed by atoms with Crippen molar-refractivity contribution in [1.29, 1.82) is 0 Å². The van der Waals surface area contributed by atoms with Crippen LogP contribution in [0, 0.1) is 0 Å². The van der Waals surface area contributed by atoms with Crippen molar-refractivity contribution in [3.05, 3.63) is 66.2 Å². The van der Waals surface area contributed by atoms with E-state index in [2.05, 4.69) is 17.7 Å². The average molecular weight is 804 g/mol. The Kier molecular flexibility index (Phi) is 11.0. The molecule has 25 nitrogen and oxygen atoms in total. The maximum Gasteiger partial charge on any atom is 0.490 e. The van der Waals surface area contributed by atoms with Crippen LogP contribution in [0.1, 0.15) is 26.3 Å². The molecule has 2 saturated heterocycles. The summed E-state index contributed by atoms with van der Waals surface area (Å²) < 4.78 is 93.7. The molecule has 4 heterocycles. The summed E-state index contributed by atoms with van der Waals surface area (Å²) in [7, 11) is -18.4. The number of nitrogens with one attached hydrogen (secondary N) is 1. The molecule has 0 saturated carbocycles. The second-order valence-electron chi connectivity index (χ2n) is 11.3. The number of H-pyrrole nitrogens is 1. The number of hydrogen-bond donors (Lipinski definition) is 9. The van der Waals surface area contributed by atoms with E-state index in [1.165, 1.54) is 0 Å². The lowest BCUT2D eigenvalue weighted by molar-refractivity contribution is -0.207. The first kappa shape index (κ1) is 41.1. The summed E-state index contributed by atoms with van der Waals surface area (Å²) in [5, 5.41) is 50.7. The lowest BCUT2D eigenvalue weighted by Crippen LogP contribution is -2.50. The van der Waals surface area contributed by atoms with Gasteiger partial charge in [0.1, 0.15) is 43.4 Å². The number of phosphoric ester groups is 2. The molecule has 288 valence electrons. The largest absolute Gasteiger partial charge is 0.490 e. The number of nitrogens with zero attached hydrogens (tertiary/aromatic N) is 3. The van der Waals surface area contributed by atoms with Gasteiger partial charge >= 0.3 is 34.8 Å². The van der Waals surface area contributed by atoms with E-state index in [0.717, 1.165) is 26.1 Å². The summed E-state index contributed by atoms with van der Waals surface area (Å²) >= 11 is 0. The van der Waals surface area contributed by atoms with Gasteiger partial charge in [0, 0.05) is 24.5 Å². The second kappa shape index (κ2) is 13.6. The number of aliphatic hydroxyl groups excluding tert-OH is 3. The quantitative estimate of drug-likeness (QED) is 0.0886. The van der Waals surface area contributed by atoms with Gasteiger partial charge in [-0.15, -0.1) is 0 Å². The second-order valence-corrected chi connectivity index (χ2v) is 16.0. The molecule has 2 aliphatic heterocycles. The monoisotopic (exact) mass is 804 g/mol. The minimum atomic E-state index is -6.29. The van der Waals surface area contributed by atoms with Crippen LogP contribution in [0.4, 0.5) is 8.78 Å². The molecule has 11 atom stereocenters. The third kappa shape index (κ3) is 8.14. The highest BCUT2D eigenvalue weighted by atomic mass is 31.3. The smallest absolute Gasteiger partial charge is 0.390 e. The van der Waals surface area contributed by atoms with Gasteiger partial charge in [0.25, 0.3) is 22.8 Å². The number of aromatic nitrogens is 4. The van der Waals surface area contributed by atoms with Crippen molar-refractivity contribution in [2.24, 2.45) is 0 Å². The molecule has 30 heteroatoms. The van der Waals surface area contributed by atoms with E-state index >= 15 is 4.39 Å². The van der Waals surface area contributed by atoms with Crippen LogP contribution in [0.25, 0.3) is 0 Å². The van der Waals surface area contributed by atoms with Crippen molar-refractivity contribution in [2.75, 3.05) is 13.2 Å². The van der Waals surface area contributed by atoms with Crippen LogP contribution < -0.4 is 22.5 Å². The molecule has 2 aromatic rings. The van der Waals surface area contributed by atoms with Gasteiger partial charge in [-0.2, -0.15) is 8.62 Å². The van der Waals surface area contributed by atoms with E-state index in [-0.39, 0.29) is 4.57 Å². The molecule has 4 rings (SSSR count). The summed E-state index contributed by atoms with van der Waals surface area (Å²) in [6, 6.07) is 1.31. The lowest BCUT2D eigenvalue weighted by atomic mass is 9.95. The first-order chi connectivity index (χ1) is 23.1. The molecule has 2 aromatic heterocycles. The standard InChI is InChI=1S/C21H29F2N4O21P3/c1-18(35)12(31)20(22,7-28)45-15(18)26-6-4-11(30)27(17(26)34)9-44-50(39,40)48-51(41,42)47-49(37,38)43-8-21(23)13(32)19(2,36)14(46-21)25-5-3-10(29)24-16(25)33/h3-6,12-15,28,31-32,35-36H,7-9H2,1-2H3,(H,37,38)(H,39,40)(H,41,42)(H,24,29,33)/t12-,13-,14+,15+,18+,19+,20+,21+/m0/s1. The maximum atomic E-state index is 15.5. The topological polar surface area (TPSA) is 367 Å². The number of aliphatic hydroxyl groups is 5. The van der Waals surface area contributed by atoms with E-state index in [9.17, 15) is 77.5 Å². The maximum absolute atomic E-state index is 15.5. The summed E-state index contributed by atoms with van der Waals surface area (Å²) in [6.45, 7) is -3.47. The van der Waals surface area contributed by atoms with Gasteiger partial charge in [0.15, 0.2) is 12.5 Å². The van der Waals surface area contributed by atoms with Crippen molar-refractivity contribution < 1.29 is 89.8 Å². The van der Waals surface area contributed by atoms with Crippen molar-refractivity contribution in [3.63, 3.8) is 0 Å². The van der Waals surface area contributed by atoms with Crippen molar-refractivity contribution in [1.82, 2.24) is 18.7 Å². The van der Waals surface area contributed by atoms with Crippen LogP contribution in [0.5, 0.6) is 0 Å². The number of rotatable bonds is 13. The van der Waals surface area contributed by atoms with Crippen LogP contribution in [-0.4, -0.2) is 107 Å². The third-order valence-corrected chi connectivity index (χ3v) is 11.6. The zero-order chi connectivity index (χ0) is 38.8. The van der Waals surface area contributed by atoms with E-state index in [0.29, 0.717) is 21.4 Å². The fraction of sp³-hybridized carbons (Fsp3) is 0.619. The zero-order valence-corrected chi connectivity index (χ0v) is 28.2. The predicted octanol–water partition coefficient (Wildman–Crippen LogP) is -3.51. The molecule has 0 bridgehead atoms. The molecular weight excluding hydrogens is 775 g/mol. The van der Waals surface area contributed by atoms with Crippen LogP contribution >= 0.6 is 23.5 Å². The minimum absolute atomic E-state index is 0.0462. The van der Waals surface area contributed by atoms with Gasteiger partial charge in [0.2, 0.25) is 0 Å². The van der Waals surface area contributed by atoms with Crippen LogP contribution in [0.2, 0.25) is 0 Å². The van der Waals surface area contributed by atoms with Crippen molar-refractivity contribution >= 4 is 23.5 Å². The fourth-order valence-corrected chi connectivity index (χ4v) is 8.31. The molecule has 9 N–H and O–H groups in total. The Morgan fingerprint density at radius 1 is 0.824 bits per heavy atom. The van der Waals surface area contributed by atoms with E-state index in [1.54, 1.807) is 4.98 Å². The molecule has 0 spiro atoms. The van der Waals surface area contributed by atoms with Gasteiger partial charge < -0.3 is 49.7 Å². The van der Waals surface area contributed by atoms with E-state index < -0.39 is 113 Å². The minimum Gasteiger partial charge on any atom is -0.390 e. The number of halogens is 2. The van der Waals surface area contributed by atoms with Crippen LogP contribution in [0.3, 0.4) is 0 Å². The summed E-state index contributed by atoms with van der Waals surface area (Å²) in [5.74, 6) is -6.98. The van der Waals surface area contributed by atoms with Gasteiger partial charge in [-0.1, -0.05) is 0 Å². The molecule has 2 fully saturated rings. The number of ether oxygens (including phenoxy) is 2. The van der Waals surface area contributed by atoms with Gasteiger partial charge in [-0.3, -0.25) is 32.8 Å². The Hall–Kier alpha value is -2.65. The SMILES string of the molecule is C[C@]1(O)[C@H](n2ccc(=O)[nH]c2=O)O[C@](F)(COP(=O)(O)OP(=O)(O)OP(=O)(O)OCn2c(=O)ccn([C@@H]3O[C@](F)(CO)[C@@H](O)[C@@]3(C)O)c2=O)[C@H]1O. The van der Waals surface area contributed by atoms with E-state index in [1.807, 2.05) is 0 Å². The Morgan fingerprint density at radius 3 is 1.84 bits per heavy atom. The molecular formula is C21H29F2N4O21P3. The predicted molar refractivity (Wildman–Crippen MR) is 153 cm³/mol. The van der Waals surface area contributed by atoms with E-state index in [4.69, 9.17) is 9.47 Å². The molecule has 0 aliphatic carbocycles. The summed E-state index contributed by atoms with van der Waals surface area (Å²) in [4.78, 5) is 80.0. The number of alkyl halides is 2. The lowest BCUT2D eigenvalue weighted by Gasteiger charge is -2.27. The molecule has 0 radical (unpaired) electrons. The van der Waals surface area contributed by atoms with Crippen molar-refractivity contribution in [2.45, 2.75) is 68.2 Å². The average Bonchev–Trinajstić information content (AvgIpc) is 3.29. The molecule has 0 amide bonds. The van der Waals surface area contributed by atoms with Crippen LogP contribution in [-0.2, 0) is 47.6 Å². The van der Waals surface area contributed by atoms with Gasteiger partial charge in [0.05, 0.1) is 0 Å². The number of hydrogen-bond acceptors (Lipinski definition) is 18. The third-order valence-electron chi connectivity index (χ3n) is 7.39. The normalized spacial score (nSPS) is 36.0. The number of phosphoric acid groups is 3. The summed E-state index contributed by atoms with van der Waals surface area (Å²) in [5.41, 5.74) is -10.4. The first-order valence-corrected chi connectivity index (χ1v) is 18.1. The molecule has 2 aliphatic rings. The van der Waals surface area contributed by atoms with Crippen LogP contribution in [0.15, 0.2) is 43.7 Å². The molecule has 0 aromatic carbocycles. The van der Waals surface area contributed by atoms with Crippen molar-refractivity contribution in [3.8, 4) is 0 Å². The molecule has 3 unspecified atom stereocenters. The Bertz CT molecular complexity index is 2050. The number of aromatic amines is 1. The van der Waals surface area contributed by atoms with Gasteiger partial charge in [-0.05, 0) is 13.8 Å². The van der Waals surface area contributed by atoms with Gasteiger partial charge in [-0.25, -0.2) is 36.6 Å². The zero-order valence-electron chi connectivity index (χ0n) is 25.6.